The molecule has 1 aromatic heterocycles. The zero-order chi connectivity index (χ0) is 9.97. The van der Waals surface area contributed by atoms with Crippen LogP contribution in [0.5, 0.6) is 0 Å². The Balaban J connectivity index is 2.56. The largest absolute Gasteiger partial charge is 0.249 e. The van der Waals surface area contributed by atoms with E-state index < -0.39 is 0 Å². The number of nitrogens with zero attached hydrogens (tertiary/aromatic N) is 3. The van der Waals surface area contributed by atoms with E-state index in [0.717, 1.165) is 12.2 Å². The van der Waals surface area contributed by atoms with Crippen LogP contribution in [-0.2, 0) is 13.5 Å². The van der Waals surface area contributed by atoms with Gasteiger partial charge in [0.25, 0.3) is 0 Å². The quantitative estimate of drug-likeness (QED) is 0.720. The molecule has 3 heteroatoms. The van der Waals surface area contributed by atoms with Gasteiger partial charge in [0.05, 0.1) is 0 Å². The molecule has 0 N–H and O–H groups in total. The summed E-state index contributed by atoms with van der Waals surface area (Å²) in [5.74, 6) is 0.933. The van der Waals surface area contributed by atoms with Crippen LogP contribution in [0.4, 0.5) is 0 Å². The van der Waals surface area contributed by atoms with E-state index >= 15 is 0 Å². The molecule has 0 saturated heterocycles. The number of aromatic nitrogens is 3. The van der Waals surface area contributed by atoms with Crippen molar-refractivity contribution in [1.82, 2.24) is 14.8 Å². The summed E-state index contributed by atoms with van der Waals surface area (Å²) in [6.07, 6.45) is 2.60. The van der Waals surface area contributed by atoms with Crippen LogP contribution < -0.4 is 0 Å². The van der Waals surface area contributed by atoms with Crippen LogP contribution in [0.2, 0.25) is 0 Å². The molecule has 0 amide bonds. The van der Waals surface area contributed by atoms with Gasteiger partial charge in [-0.25, -0.2) is 9.67 Å². The van der Waals surface area contributed by atoms with Gasteiger partial charge in [-0.05, 0) is 12.0 Å². The molecule has 2 rings (SSSR count). The normalized spacial score (nSPS) is 10.4. The van der Waals surface area contributed by atoms with Crippen molar-refractivity contribution in [1.29, 1.82) is 0 Å². The van der Waals surface area contributed by atoms with E-state index in [2.05, 4.69) is 35.2 Å². The van der Waals surface area contributed by atoms with Crippen LogP contribution in [-0.4, -0.2) is 14.8 Å². The second-order valence-electron chi connectivity index (χ2n) is 3.22. The lowest BCUT2D eigenvalue weighted by atomic mass is 10.1. The van der Waals surface area contributed by atoms with Crippen molar-refractivity contribution in [2.75, 3.05) is 0 Å². The maximum absolute atomic E-state index is 4.25. The van der Waals surface area contributed by atoms with Gasteiger partial charge in [0.2, 0.25) is 0 Å². The lowest BCUT2D eigenvalue weighted by Gasteiger charge is -2.05. The first-order valence-electron chi connectivity index (χ1n) is 4.75. The number of rotatable bonds is 2. The molecule has 0 unspecified atom stereocenters. The van der Waals surface area contributed by atoms with Crippen molar-refractivity contribution < 1.29 is 0 Å². The van der Waals surface area contributed by atoms with Gasteiger partial charge in [-0.2, -0.15) is 5.10 Å². The van der Waals surface area contributed by atoms with E-state index in [1.165, 1.54) is 11.1 Å². The molecular formula is C11H13N3. The van der Waals surface area contributed by atoms with E-state index in [1.54, 1.807) is 11.0 Å². The Labute approximate surface area is 83.4 Å². The Morgan fingerprint density at radius 2 is 2.07 bits per heavy atom. The zero-order valence-electron chi connectivity index (χ0n) is 8.44. The van der Waals surface area contributed by atoms with Crippen LogP contribution in [0.15, 0.2) is 30.6 Å². The Kier molecular flexibility index (Phi) is 2.31. The molecule has 0 aliphatic carbocycles. The van der Waals surface area contributed by atoms with Crippen molar-refractivity contribution in [2.24, 2.45) is 7.05 Å². The van der Waals surface area contributed by atoms with Gasteiger partial charge >= 0.3 is 0 Å². The van der Waals surface area contributed by atoms with Crippen LogP contribution in [0.25, 0.3) is 11.4 Å². The molecule has 0 aliphatic rings. The van der Waals surface area contributed by atoms with Crippen molar-refractivity contribution in [3.8, 4) is 11.4 Å². The fraction of sp³-hybridized carbons (Fsp3) is 0.273. The fourth-order valence-electron chi connectivity index (χ4n) is 1.59. The van der Waals surface area contributed by atoms with Crippen LogP contribution in [0, 0.1) is 0 Å². The number of benzene rings is 1. The van der Waals surface area contributed by atoms with Crippen LogP contribution in [0.1, 0.15) is 12.5 Å². The van der Waals surface area contributed by atoms with E-state index in [4.69, 9.17) is 0 Å². The van der Waals surface area contributed by atoms with Gasteiger partial charge in [-0.3, -0.25) is 0 Å². The van der Waals surface area contributed by atoms with Gasteiger partial charge in [-0.1, -0.05) is 31.2 Å². The molecule has 0 bridgehead atoms. The summed E-state index contributed by atoms with van der Waals surface area (Å²) in [5, 5.41) is 4.07. The van der Waals surface area contributed by atoms with Crippen molar-refractivity contribution in [3.63, 3.8) is 0 Å². The average molecular weight is 187 g/mol. The Morgan fingerprint density at radius 3 is 2.71 bits per heavy atom. The maximum Gasteiger partial charge on any atom is 0.158 e. The molecule has 0 atom stereocenters. The minimum absolute atomic E-state index is 0.933. The summed E-state index contributed by atoms with van der Waals surface area (Å²) in [4.78, 5) is 4.25. The van der Waals surface area contributed by atoms with E-state index in [0.29, 0.717) is 0 Å². The Hall–Kier alpha value is -1.64. The molecular weight excluding hydrogens is 174 g/mol. The molecule has 1 heterocycles. The second kappa shape index (κ2) is 3.62. The Bertz CT molecular complexity index is 432. The number of hydrogen-bond donors (Lipinski definition) is 0. The third-order valence-electron chi connectivity index (χ3n) is 2.35. The highest BCUT2D eigenvalue weighted by Gasteiger charge is 2.07. The molecule has 1 aromatic carbocycles. The third-order valence-corrected chi connectivity index (χ3v) is 2.35. The number of hydrogen-bond acceptors (Lipinski definition) is 2. The lowest BCUT2D eigenvalue weighted by molar-refractivity contribution is 0.773. The van der Waals surface area contributed by atoms with Gasteiger partial charge in [0.15, 0.2) is 5.82 Å². The van der Waals surface area contributed by atoms with E-state index in [1.807, 2.05) is 13.1 Å². The monoisotopic (exact) mass is 187 g/mol. The highest BCUT2D eigenvalue weighted by molar-refractivity contribution is 5.60. The highest BCUT2D eigenvalue weighted by Crippen LogP contribution is 2.20. The summed E-state index contributed by atoms with van der Waals surface area (Å²) < 4.78 is 1.80. The third kappa shape index (κ3) is 1.41. The fourth-order valence-corrected chi connectivity index (χ4v) is 1.59. The molecule has 2 aromatic rings. The molecule has 0 fully saturated rings. The van der Waals surface area contributed by atoms with E-state index in [-0.39, 0.29) is 0 Å². The maximum atomic E-state index is 4.25. The van der Waals surface area contributed by atoms with Gasteiger partial charge in [-0.15, -0.1) is 0 Å². The van der Waals surface area contributed by atoms with Crippen molar-refractivity contribution in [3.05, 3.63) is 36.2 Å². The standard InChI is InChI=1S/C11H13N3/c1-3-9-6-4-5-7-10(9)11-12-8-13-14(11)2/h4-8H,3H2,1-2H3. The molecule has 14 heavy (non-hydrogen) atoms. The first kappa shape index (κ1) is 8.94. The van der Waals surface area contributed by atoms with Crippen LogP contribution in [0.3, 0.4) is 0 Å². The second-order valence-corrected chi connectivity index (χ2v) is 3.22. The lowest BCUT2D eigenvalue weighted by Crippen LogP contribution is -1.97. The predicted molar refractivity (Wildman–Crippen MR) is 55.8 cm³/mol. The predicted octanol–water partition coefficient (Wildman–Crippen LogP) is 2.04. The SMILES string of the molecule is CCc1ccccc1-c1ncnn1C. The molecule has 0 saturated carbocycles. The number of aryl methyl sites for hydroxylation is 2. The summed E-state index contributed by atoms with van der Waals surface area (Å²) in [5.41, 5.74) is 2.48. The molecule has 72 valence electrons. The molecule has 0 spiro atoms. The molecule has 0 aliphatic heterocycles. The van der Waals surface area contributed by atoms with Crippen molar-refractivity contribution >= 4 is 0 Å². The summed E-state index contributed by atoms with van der Waals surface area (Å²) in [7, 11) is 1.91. The minimum Gasteiger partial charge on any atom is -0.249 e. The highest BCUT2D eigenvalue weighted by atomic mass is 15.3. The first-order chi connectivity index (χ1) is 6.83. The van der Waals surface area contributed by atoms with Gasteiger partial charge in [0.1, 0.15) is 6.33 Å². The van der Waals surface area contributed by atoms with Crippen LogP contribution >= 0.6 is 0 Å². The summed E-state index contributed by atoms with van der Waals surface area (Å²) in [6, 6.07) is 8.30. The average Bonchev–Trinajstić information content (AvgIpc) is 2.64. The first-order valence-corrected chi connectivity index (χ1v) is 4.75. The van der Waals surface area contributed by atoms with Gasteiger partial charge < -0.3 is 0 Å². The Morgan fingerprint density at radius 1 is 1.29 bits per heavy atom. The smallest absolute Gasteiger partial charge is 0.158 e. The van der Waals surface area contributed by atoms with Gasteiger partial charge in [0, 0.05) is 12.6 Å². The van der Waals surface area contributed by atoms with Crippen molar-refractivity contribution in [2.45, 2.75) is 13.3 Å². The summed E-state index contributed by atoms with van der Waals surface area (Å²) in [6.45, 7) is 2.15. The topological polar surface area (TPSA) is 30.7 Å². The van der Waals surface area contributed by atoms with E-state index in [9.17, 15) is 0 Å². The molecule has 3 nitrogen and oxygen atoms in total. The molecule has 0 radical (unpaired) electrons. The zero-order valence-corrected chi connectivity index (χ0v) is 8.44. The minimum atomic E-state index is 0.933. The summed E-state index contributed by atoms with van der Waals surface area (Å²) >= 11 is 0.